The largest absolute Gasteiger partial charge is 0.497 e. The van der Waals surface area contributed by atoms with Gasteiger partial charge < -0.3 is 19.1 Å². The van der Waals surface area contributed by atoms with Gasteiger partial charge in [-0.2, -0.15) is 13.2 Å². The van der Waals surface area contributed by atoms with Crippen LogP contribution in [0.25, 0.3) is 0 Å². The number of ether oxygens (including phenoxy) is 1. The van der Waals surface area contributed by atoms with Crippen LogP contribution in [0.5, 0.6) is 5.75 Å². The van der Waals surface area contributed by atoms with Crippen LogP contribution in [0.1, 0.15) is 33.3 Å². The summed E-state index contributed by atoms with van der Waals surface area (Å²) in [4.78, 5) is 16.0. The van der Waals surface area contributed by atoms with Crippen LogP contribution in [0.3, 0.4) is 0 Å². The fourth-order valence-corrected chi connectivity index (χ4v) is 6.62. The third-order valence-electron chi connectivity index (χ3n) is 5.47. The van der Waals surface area contributed by atoms with E-state index in [4.69, 9.17) is 13.8 Å². The Morgan fingerprint density at radius 2 is 1.59 bits per heavy atom. The number of amidine groups is 1. The van der Waals surface area contributed by atoms with E-state index in [1.54, 1.807) is 44.2 Å². The molecule has 0 aliphatic carbocycles. The fraction of sp³-hybridized carbons (Fsp3) is 0.417. The van der Waals surface area contributed by atoms with Crippen LogP contribution in [0.4, 0.5) is 23.7 Å². The SMILES string of the molecule is CCOP(=O)(OCC)C(C)(C)/N=C1\SC(c2ccc(OC)cc2)(C(F)(F)F)NC(=O)N1c1ccccc1. The van der Waals surface area contributed by atoms with E-state index in [9.17, 15) is 22.5 Å². The number of hydrogen-bond donors (Lipinski definition) is 1. The quantitative estimate of drug-likeness (QED) is 0.343. The summed E-state index contributed by atoms with van der Waals surface area (Å²) < 4.78 is 74.0. The molecule has 2 aromatic rings. The number of carbonyl (C=O) groups excluding carboxylic acids is 1. The van der Waals surface area contributed by atoms with E-state index < -0.39 is 30.0 Å². The molecule has 1 unspecified atom stereocenters. The summed E-state index contributed by atoms with van der Waals surface area (Å²) in [6.45, 7) is 6.16. The zero-order valence-corrected chi connectivity index (χ0v) is 22.7. The molecule has 37 heavy (non-hydrogen) atoms. The van der Waals surface area contributed by atoms with Gasteiger partial charge in [-0.25, -0.2) is 14.7 Å². The number of amides is 2. The molecule has 0 radical (unpaired) electrons. The average molecular weight is 560 g/mol. The number of nitrogens with one attached hydrogen (secondary N) is 1. The van der Waals surface area contributed by atoms with Crippen molar-refractivity contribution in [2.45, 2.75) is 44.0 Å². The third kappa shape index (κ3) is 5.67. The number of thioether (sulfide) groups is 1. The number of anilines is 1. The molecule has 2 amide bonds. The van der Waals surface area contributed by atoms with Gasteiger partial charge >= 0.3 is 19.8 Å². The highest BCUT2D eigenvalue weighted by Crippen LogP contribution is 2.61. The van der Waals surface area contributed by atoms with Crippen molar-refractivity contribution >= 4 is 36.2 Å². The normalized spacial score (nSPS) is 20.2. The van der Waals surface area contributed by atoms with Crippen LogP contribution in [-0.2, 0) is 18.5 Å². The standard InChI is InChI=1S/C24H29F3N3O5PS/c1-6-34-36(32,35-7-2)22(3,4)29-21-30(18-11-9-8-10-12-18)20(31)28-23(37-21,24(25,26)27)17-13-15-19(33-5)16-14-17/h8-16H,6-7H2,1-5H3,(H,28,31)/b29-21-. The zero-order valence-electron chi connectivity index (χ0n) is 21.0. The Morgan fingerprint density at radius 1 is 1.03 bits per heavy atom. The van der Waals surface area contributed by atoms with Crippen molar-refractivity contribution in [3.8, 4) is 5.75 Å². The first-order valence-corrected chi connectivity index (χ1v) is 13.8. The number of carbonyl (C=O) groups is 1. The van der Waals surface area contributed by atoms with Gasteiger partial charge in [-0.3, -0.25) is 4.57 Å². The zero-order chi connectivity index (χ0) is 27.5. The number of rotatable bonds is 9. The lowest BCUT2D eigenvalue weighted by atomic mass is 10.1. The highest BCUT2D eigenvalue weighted by molar-refractivity contribution is 8.15. The van der Waals surface area contributed by atoms with E-state index >= 15 is 0 Å². The lowest BCUT2D eigenvalue weighted by Crippen LogP contribution is -2.63. The van der Waals surface area contributed by atoms with Crippen LogP contribution < -0.4 is 15.0 Å². The van der Waals surface area contributed by atoms with Gasteiger partial charge in [0, 0.05) is 0 Å². The van der Waals surface area contributed by atoms with Crippen LogP contribution in [0.15, 0.2) is 59.6 Å². The second-order valence-corrected chi connectivity index (χ2v) is 12.1. The Kier molecular flexibility index (Phi) is 8.68. The number of para-hydroxylation sites is 1. The lowest BCUT2D eigenvalue weighted by molar-refractivity contribution is -0.167. The van der Waals surface area contributed by atoms with E-state index in [2.05, 4.69) is 10.3 Å². The molecule has 1 aliphatic rings. The topological polar surface area (TPSA) is 89.5 Å². The molecule has 1 heterocycles. The summed E-state index contributed by atoms with van der Waals surface area (Å²) in [7, 11) is -2.55. The van der Waals surface area contributed by atoms with Gasteiger partial charge in [-0.1, -0.05) is 30.3 Å². The molecule has 1 atom stereocenters. The molecule has 0 spiro atoms. The highest BCUT2D eigenvalue weighted by atomic mass is 32.2. The van der Waals surface area contributed by atoms with E-state index in [1.807, 2.05) is 0 Å². The van der Waals surface area contributed by atoms with Gasteiger partial charge in [0.05, 0.1) is 26.0 Å². The Balaban J connectivity index is 2.25. The van der Waals surface area contributed by atoms with Gasteiger partial charge in [-0.15, -0.1) is 0 Å². The molecule has 1 fully saturated rings. The van der Waals surface area contributed by atoms with E-state index in [-0.39, 0.29) is 41.4 Å². The molecule has 3 rings (SSSR count). The van der Waals surface area contributed by atoms with Gasteiger partial charge in [0.15, 0.2) is 10.4 Å². The summed E-state index contributed by atoms with van der Waals surface area (Å²) >= 11 is 0.284. The van der Waals surface area contributed by atoms with Crippen molar-refractivity contribution in [3.63, 3.8) is 0 Å². The van der Waals surface area contributed by atoms with Crippen molar-refractivity contribution in [3.05, 3.63) is 60.2 Å². The van der Waals surface area contributed by atoms with Crippen LogP contribution in [0, 0.1) is 0 Å². The van der Waals surface area contributed by atoms with E-state index in [1.165, 1.54) is 45.2 Å². The molecule has 8 nitrogen and oxygen atoms in total. The molecule has 0 aromatic heterocycles. The first-order valence-electron chi connectivity index (χ1n) is 11.4. The number of urea groups is 1. The highest BCUT2D eigenvalue weighted by Gasteiger charge is 2.62. The summed E-state index contributed by atoms with van der Waals surface area (Å²) in [5.41, 5.74) is 0.0328. The maximum absolute atomic E-state index is 14.8. The first-order chi connectivity index (χ1) is 17.3. The van der Waals surface area contributed by atoms with Crippen molar-refractivity contribution in [2.75, 3.05) is 25.2 Å². The average Bonchev–Trinajstić information content (AvgIpc) is 2.83. The second-order valence-electron chi connectivity index (χ2n) is 8.33. The number of aliphatic imine (C=N–C) groups is 1. The molecule has 0 bridgehead atoms. The van der Waals surface area contributed by atoms with Gasteiger partial charge in [0.25, 0.3) is 0 Å². The van der Waals surface area contributed by atoms with Crippen LogP contribution in [0.2, 0.25) is 0 Å². The van der Waals surface area contributed by atoms with Crippen molar-refractivity contribution in [1.82, 2.24) is 5.32 Å². The number of benzene rings is 2. The number of nitrogens with zero attached hydrogens (tertiary/aromatic N) is 2. The minimum absolute atomic E-state index is 0.0277. The molecule has 1 aliphatic heterocycles. The molecule has 202 valence electrons. The number of alkyl halides is 3. The predicted octanol–water partition coefficient (Wildman–Crippen LogP) is 6.73. The number of halogens is 3. The lowest BCUT2D eigenvalue weighted by Gasteiger charge is -2.44. The molecule has 0 saturated carbocycles. The van der Waals surface area contributed by atoms with Gasteiger partial charge in [0.2, 0.25) is 4.87 Å². The third-order valence-corrected chi connectivity index (χ3v) is 9.44. The summed E-state index contributed by atoms with van der Waals surface area (Å²) in [6.07, 6.45) is -4.95. The van der Waals surface area contributed by atoms with Crippen molar-refractivity contribution in [1.29, 1.82) is 0 Å². The molecular formula is C24H29F3N3O5PS. The Labute approximate surface area is 218 Å². The van der Waals surface area contributed by atoms with Crippen LogP contribution >= 0.6 is 19.4 Å². The maximum Gasteiger partial charge on any atom is 0.425 e. The Bertz CT molecular complexity index is 1170. The van der Waals surface area contributed by atoms with E-state index in [0.717, 1.165) is 4.90 Å². The second kappa shape index (κ2) is 11.1. The summed E-state index contributed by atoms with van der Waals surface area (Å²) in [5.74, 6) is 0.350. The van der Waals surface area contributed by atoms with Crippen molar-refractivity contribution < 1.29 is 36.3 Å². The van der Waals surface area contributed by atoms with E-state index in [0.29, 0.717) is 5.75 Å². The van der Waals surface area contributed by atoms with Crippen molar-refractivity contribution in [2.24, 2.45) is 4.99 Å². The van der Waals surface area contributed by atoms with Gasteiger partial charge in [0.1, 0.15) is 5.75 Å². The minimum Gasteiger partial charge on any atom is -0.497 e. The Hall–Kier alpha value is -2.53. The van der Waals surface area contributed by atoms with Gasteiger partial charge in [-0.05, 0) is 69.3 Å². The molecule has 13 heteroatoms. The predicted molar refractivity (Wildman–Crippen MR) is 138 cm³/mol. The fourth-order valence-electron chi connectivity index (χ4n) is 3.62. The molecule has 1 N–H and O–H groups in total. The number of hydrogen-bond acceptors (Lipinski definition) is 7. The molecular weight excluding hydrogens is 530 g/mol. The maximum atomic E-state index is 14.8. The van der Waals surface area contributed by atoms with Crippen LogP contribution in [-0.4, -0.2) is 43.0 Å². The first kappa shape index (κ1) is 29.0. The number of methoxy groups -OCH3 is 1. The summed E-state index contributed by atoms with van der Waals surface area (Å²) in [6, 6.07) is 12.2. The molecule has 2 aromatic carbocycles. The minimum atomic E-state index is -4.95. The summed E-state index contributed by atoms with van der Waals surface area (Å²) in [5, 5.41) is 0.187. The Morgan fingerprint density at radius 3 is 2.08 bits per heavy atom. The smallest absolute Gasteiger partial charge is 0.425 e. The molecule has 1 saturated heterocycles. The monoisotopic (exact) mass is 559 g/mol.